The van der Waals surface area contributed by atoms with Gasteiger partial charge in [-0.15, -0.1) is 0 Å². The second kappa shape index (κ2) is 8.65. The number of carboxylic acid groups (broad SMARTS) is 1. The highest BCUT2D eigenvalue weighted by molar-refractivity contribution is 5.91. The van der Waals surface area contributed by atoms with Gasteiger partial charge in [-0.2, -0.15) is 0 Å². The number of urea groups is 1. The van der Waals surface area contributed by atoms with Gasteiger partial charge in [0.1, 0.15) is 11.5 Å². The molecule has 28 heavy (non-hydrogen) atoms. The van der Waals surface area contributed by atoms with E-state index in [1.54, 1.807) is 49.5 Å². The third kappa shape index (κ3) is 4.36. The lowest BCUT2D eigenvalue weighted by Gasteiger charge is -2.33. The molecule has 1 aliphatic rings. The third-order valence-corrected chi connectivity index (χ3v) is 4.99. The zero-order chi connectivity index (χ0) is 20.1. The molecule has 1 fully saturated rings. The molecule has 0 aromatic heterocycles. The molecule has 1 saturated heterocycles. The smallest absolute Gasteiger partial charge is 0.335 e. The number of hydrogen-bond acceptors (Lipinski definition) is 4. The van der Waals surface area contributed by atoms with Crippen molar-refractivity contribution in [1.82, 2.24) is 4.90 Å². The van der Waals surface area contributed by atoms with Crippen molar-refractivity contribution in [3.63, 3.8) is 0 Å². The number of methoxy groups -OCH3 is 2. The Morgan fingerprint density at radius 1 is 1.11 bits per heavy atom. The molecule has 0 radical (unpaired) electrons. The Hall–Kier alpha value is -3.22. The van der Waals surface area contributed by atoms with Gasteiger partial charge in [0.05, 0.1) is 25.5 Å². The lowest BCUT2D eigenvalue weighted by atomic mass is 9.90. The first-order valence-electron chi connectivity index (χ1n) is 9.13. The van der Waals surface area contributed by atoms with Gasteiger partial charge >= 0.3 is 12.0 Å². The molecule has 148 valence electrons. The maximum atomic E-state index is 12.8. The minimum absolute atomic E-state index is 0.181. The molecule has 0 bridgehead atoms. The number of nitrogens with zero attached hydrogens (tertiary/aromatic N) is 1. The molecule has 2 aromatic carbocycles. The first kappa shape index (κ1) is 19.5. The average molecular weight is 384 g/mol. The third-order valence-electron chi connectivity index (χ3n) is 4.99. The zero-order valence-electron chi connectivity index (χ0n) is 16.0. The fourth-order valence-corrected chi connectivity index (χ4v) is 3.43. The minimum Gasteiger partial charge on any atom is -0.497 e. The summed E-state index contributed by atoms with van der Waals surface area (Å²) < 4.78 is 10.5. The summed E-state index contributed by atoms with van der Waals surface area (Å²) >= 11 is 0. The van der Waals surface area contributed by atoms with Gasteiger partial charge in [0.25, 0.3) is 0 Å². The SMILES string of the molecule is COc1ccc(NC(=O)N2CCC[C@H](c3ccc(C(=O)O)cc3)C2)c(OC)c1. The van der Waals surface area contributed by atoms with Gasteiger partial charge < -0.3 is 24.8 Å². The van der Waals surface area contributed by atoms with Crippen molar-refractivity contribution in [2.75, 3.05) is 32.6 Å². The number of carbonyl (C=O) groups excluding carboxylic acids is 1. The van der Waals surface area contributed by atoms with Crippen LogP contribution < -0.4 is 14.8 Å². The molecule has 1 heterocycles. The van der Waals surface area contributed by atoms with Crippen LogP contribution in [-0.4, -0.2) is 49.3 Å². The summed E-state index contributed by atoms with van der Waals surface area (Å²) in [5.74, 6) is 0.424. The van der Waals surface area contributed by atoms with Gasteiger partial charge in [-0.1, -0.05) is 12.1 Å². The molecule has 1 atom stereocenters. The molecule has 0 unspecified atom stereocenters. The van der Waals surface area contributed by atoms with Crippen LogP contribution in [0.1, 0.15) is 34.7 Å². The summed E-state index contributed by atoms with van der Waals surface area (Å²) in [6.07, 6.45) is 1.85. The van der Waals surface area contributed by atoms with Crippen LogP contribution in [-0.2, 0) is 0 Å². The first-order chi connectivity index (χ1) is 13.5. The van der Waals surface area contributed by atoms with E-state index in [0.717, 1.165) is 18.4 Å². The molecule has 0 aliphatic carbocycles. The minimum atomic E-state index is -0.940. The van der Waals surface area contributed by atoms with Gasteiger partial charge in [0.2, 0.25) is 0 Å². The van der Waals surface area contributed by atoms with E-state index >= 15 is 0 Å². The molecule has 3 rings (SSSR count). The van der Waals surface area contributed by atoms with Crippen molar-refractivity contribution in [2.45, 2.75) is 18.8 Å². The normalized spacial score (nSPS) is 16.4. The predicted molar refractivity (Wildman–Crippen MR) is 106 cm³/mol. The summed E-state index contributed by atoms with van der Waals surface area (Å²) in [4.78, 5) is 25.6. The highest BCUT2D eigenvalue weighted by atomic mass is 16.5. The largest absolute Gasteiger partial charge is 0.497 e. The molecule has 2 aromatic rings. The Morgan fingerprint density at radius 3 is 2.50 bits per heavy atom. The molecule has 7 heteroatoms. The fourth-order valence-electron chi connectivity index (χ4n) is 3.43. The van der Waals surface area contributed by atoms with Crippen LogP contribution in [0.25, 0.3) is 0 Å². The number of benzene rings is 2. The van der Waals surface area contributed by atoms with Crippen molar-refractivity contribution in [3.8, 4) is 11.5 Å². The number of ether oxygens (including phenoxy) is 2. The predicted octanol–water partition coefficient (Wildman–Crippen LogP) is 3.81. The fraction of sp³-hybridized carbons (Fsp3) is 0.333. The van der Waals surface area contributed by atoms with Gasteiger partial charge in [-0.3, -0.25) is 0 Å². The first-order valence-corrected chi connectivity index (χ1v) is 9.13. The number of piperidine rings is 1. The molecular formula is C21H24N2O5. The number of anilines is 1. The van der Waals surface area contributed by atoms with E-state index in [9.17, 15) is 9.59 Å². The number of carbonyl (C=O) groups is 2. The Balaban J connectivity index is 1.68. The monoisotopic (exact) mass is 384 g/mol. The molecule has 7 nitrogen and oxygen atoms in total. The Morgan fingerprint density at radius 2 is 1.86 bits per heavy atom. The standard InChI is InChI=1S/C21H24N2O5/c1-27-17-9-10-18(19(12-17)28-2)22-21(26)23-11-3-4-16(13-23)14-5-7-15(8-6-14)20(24)25/h5-10,12,16H,3-4,11,13H2,1-2H3,(H,22,26)(H,24,25)/t16-/m0/s1. The van der Waals surface area contributed by atoms with Crippen molar-refractivity contribution >= 4 is 17.7 Å². The highest BCUT2D eigenvalue weighted by Crippen LogP contribution is 2.31. The molecule has 1 aliphatic heterocycles. The number of likely N-dealkylation sites (tertiary alicyclic amines) is 1. The summed E-state index contributed by atoms with van der Waals surface area (Å²) in [5, 5.41) is 11.9. The molecule has 0 saturated carbocycles. The van der Waals surface area contributed by atoms with Gasteiger partial charge in [-0.05, 0) is 42.7 Å². The summed E-state index contributed by atoms with van der Waals surface area (Å²) in [5.41, 5.74) is 1.89. The maximum absolute atomic E-state index is 12.8. The molecular weight excluding hydrogens is 360 g/mol. The number of aromatic carboxylic acids is 1. The van der Waals surface area contributed by atoms with Crippen LogP contribution in [0, 0.1) is 0 Å². The number of amides is 2. The second-order valence-electron chi connectivity index (χ2n) is 6.71. The molecule has 0 spiro atoms. The molecule has 2 N–H and O–H groups in total. The van der Waals surface area contributed by atoms with Gasteiger partial charge in [0.15, 0.2) is 0 Å². The van der Waals surface area contributed by atoms with E-state index in [0.29, 0.717) is 30.3 Å². The van der Waals surface area contributed by atoms with E-state index in [1.807, 2.05) is 12.1 Å². The van der Waals surface area contributed by atoms with Crippen molar-refractivity contribution in [2.24, 2.45) is 0 Å². The quantitative estimate of drug-likeness (QED) is 0.818. The summed E-state index contributed by atoms with van der Waals surface area (Å²) in [7, 11) is 3.12. The van der Waals surface area contributed by atoms with Crippen LogP contribution in [0.15, 0.2) is 42.5 Å². The topological polar surface area (TPSA) is 88.1 Å². The lowest BCUT2D eigenvalue weighted by Crippen LogP contribution is -2.41. The van der Waals surface area contributed by atoms with Gasteiger partial charge in [-0.25, -0.2) is 9.59 Å². The van der Waals surface area contributed by atoms with Crippen LogP contribution in [0.3, 0.4) is 0 Å². The van der Waals surface area contributed by atoms with E-state index in [1.165, 1.54) is 0 Å². The Kier molecular flexibility index (Phi) is 6.03. The number of rotatable bonds is 5. The number of hydrogen-bond donors (Lipinski definition) is 2. The van der Waals surface area contributed by atoms with Crippen LogP contribution >= 0.6 is 0 Å². The van der Waals surface area contributed by atoms with Crippen LogP contribution in [0.2, 0.25) is 0 Å². The number of carboxylic acids is 1. The van der Waals surface area contributed by atoms with Crippen LogP contribution in [0.5, 0.6) is 11.5 Å². The van der Waals surface area contributed by atoms with E-state index in [-0.39, 0.29) is 17.5 Å². The van der Waals surface area contributed by atoms with E-state index < -0.39 is 5.97 Å². The second-order valence-corrected chi connectivity index (χ2v) is 6.71. The van der Waals surface area contributed by atoms with Crippen molar-refractivity contribution < 1.29 is 24.2 Å². The maximum Gasteiger partial charge on any atom is 0.335 e. The summed E-state index contributed by atoms with van der Waals surface area (Å²) in [6.45, 7) is 1.25. The van der Waals surface area contributed by atoms with E-state index in [4.69, 9.17) is 14.6 Å². The van der Waals surface area contributed by atoms with Gasteiger partial charge in [0, 0.05) is 25.1 Å². The van der Waals surface area contributed by atoms with Crippen molar-refractivity contribution in [1.29, 1.82) is 0 Å². The Bertz CT molecular complexity index is 850. The van der Waals surface area contributed by atoms with E-state index in [2.05, 4.69) is 5.32 Å². The Labute approximate surface area is 163 Å². The number of nitrogens with one attached hydrogen (secondary N) is 1. The summed E-state index contributed by atoms with van der Waals surface area (Å²) in [6, 6.07) is 11.9. The lowest BCUT2D eigenvalue weighted by molar-refractivity contribution is 0.0697. The zero-order valence-corrected chi connectivity index (χ0v) is 16.0. The van der Waals surface area contributed by atoms with Crippen molar-refractivity contribution in [3.05, 3.63) is 53.6 Å². The molecule has 2 amide bonds. The van der Waals surface area contributed by atoms with Crippen LogP contribution in [0.4, 0.5) is 10.5 Å². The highest BCUT2D eigenvalue weighted by Gasteiger charge is 2.25. The average Bonchev–Trinajstić information content (AvgIpc) is 2.74.